The van der Waals surface area contributed by atoms with Crippen LogP contribution in [0.1, 0.15) is 38.9 Å². The Bertz CT molecular complexity index is 742. The average Bonchev–Trinajstić information content (AvgIpc) is 2.53. The van der Waals surface area contributed by atoms with Crippen molar-refractivity contribution in [1.29, 1.82) is 0 Å². The first kappa shape index (κ1) is 27.9. The molecule has 0 atom stereocenters. The van der Waals surface area contributed by atoms with Crippen molar-refractivity contribution in [3.63, 3.8) is 0 Å². The van der Waals surface area contributed by atoms with E-state index in [9.17, 15) is 0 Å². The Kier molecular flexibility index (Phi) is 13.4. The Labute approximate surface area is 190 Å². The summed E-state index contributed by atoms with van der Waals surface area (Å²) in [6.07, 6.45) is 2.18. The average molecular weight is 446 g/mol. The molecule has 0 aliphatic heterocycles. The molecule has 0 unspecified atom stereocenters. The number of hydrogen-bond acceptors (Lipinski definition) is 3. The molecular weight excluding hydrogens is 413 g/mol. The molecule has 0 aliphatic rings. The molecular formula is C23H33O3Y-. The number of benzene rings is 2. The Balaban J connectivity index is 0. The van der Waals surface area contributed by atoms with Crippen LogP contribution < -0.4 is 9.47 Å². The Hall–Kier alpha value is -1.32. The van der Waals surface area contributed by atoms with E-state index in [0.29, 0.717) is 0 Å². The molecule has 0 fully saturated rings. The van der Waals surface area contributed by atoms with Crippen molar-refractivity contribution in [3.8, 4) is 11.5 Å². The summed E-state index contributed by atoms with van der Waals surface area (Å²) in [6, 6.07) is 6.35. The van der Waals surface area contributed by atoms with Crippen LogP contribution in [0.5, 0.6) is 11.5 Å². The second-order valence-electron chi connectivity index (χ2n) is 6.42. The number of aliphatic hydroxyl groups excluding tert-OH is 1. The van der Waals surface area contributed by atoms with Crippen LogP contribution in [0.3, 0.4) is 0 Å². The van der Waals surface area contributed by atoms with Crippen LogP contribution in [0.4, 0.5) is 0 Å². The fraction of sp³-hybridized carbons (Fsp3) is 0.348. The summed E-state index contributed by atoms with van der Waals surface area (Å²) >= 11 is 0. The van der Waals surface area contributed by atoms with Gasteiger partial charge in [-0.15, -0.1) is 0 Å². The van der Waals surface area contributed by atoms with Crippen LogP contribution in [0.2, 0.25) is 0 Å². The summed E-state index contributed by atoms with van der Waals surface area (Å²) in [5, 5.41) is 8.53. The normalized spacial score (nSPS) is 9.63. The molecule has 0 heterocycles. The van der Waals surface area contributed by atoms with E-state index in [2.05, 4.69) is 52.8 Å². The second kappa shape index (κ2) is 13.0. The number of ether oxygens (including phenoxy) is 2. The molecule has 3 nitrogen and oxygen atoms in total. The maximum absolute atomic E-state index is 8.53. The quantitative estimate of drug-likeness (QED) is 0.438. The minimum Gasteiger partial charge on any atom is -0.512 e. The Morgan fingerprint density at radius 1 is 0.741 bits per heavy atom. The van der Waals surface area contributed by atoms with E-state index in [4.69, 9.17) is 14.6 Å². The van der Waals surface area contributed by atoms with E-state index >= 15 is 0 Å². The molecule has 2 rings (SSSR count). The van der Waals surface area contributed by atoms with Crippen LogP contribution in [-0.2, 0) is 32.7 Å². The third-order valence-electron chi connectivity index (χ3n) is 4.34. The van der Waals surface area contributed by atoms with Gasteiger partial charge in [-0.25, -0.2) is 0 Å². The Morgan fingerprint density at radius 2 is 1.22 bits per heavy atom. The zero-order chi connectivity index (χ0) is 19.1. The van der Waals surface area contributed by atoms with Crippen molar-refractivity contribution in [2.75, 3.05) is 7.11 Å². The molecule has 27 heavy (non-hydrogen) atoms. The maximum Gasteiger partial charge on any atom is 0.132 e. The smallest absolute Gasteiger partial charge is 0.132 e. The fourth-order valence-corrected chi connectivity index (χ4v) is 3.03. The number of aliphatic hydroxyl groups is 1. The summed E-state index contributed by atoms with van der Waals surface area (Å²) in [4.78, 5) is 0. The summed E-state index contributed by atoms with van der Waals surface area (Å²) in [7, 11) is 1.71. The summed E-state index contributed by atoms with van der Waals surface area (Å²) in [5.74, 6) is 1.84. The molecule has 0 bridgehead atoms. The van der Waals surface area contributed by atoms with Gasteiger partial charge in [-0.3, -0.25) is 0 Å². The van der Waals surface area contributed by atoms with Gasteiger partial charge in [0.15, 0.2) is 0 Å². The molecule has 2 aromatic carbocycles. The van der Waals surface area contributed by atoms with Gasteiger partial charge >= 0.3 is 0 Å². The first-order chi connectivity index (χ1) is 11.7. The minimum absolute atomic E-state index is 0. The molecule has 0 saturated carbocycles. The van der Waals surface area contributed by atoms with E-state index in [0.717, 1.165) is 28.9 Å². The van der Waals surface area contributed by atoms with Gasteiger partial charge in [-0.2, -0.15) is 0 Å². The fourth-order valence-electron chi connectivity index (χ4n) is 3.03. The SMILES string of the molecule is COc1c(C)cc(C)cc1C.Cc1cc(C)c(OC=CO)c(C)c1C.[CH3-].[Y]. The zero-order valence-electron chi connectivity index (χ0n) is 18.2. The zero-order valence-corrected chi connectivity index (χ0v) is 21.1. The predicted octanol–water partition coefficient (Wildman–Crippen LogP) is 6.40. The van der Waals surface area contributed by atoms with Gasteiger partial charge in [0.2, 0.25) is 0 Å². The van der Waals surface area contributed by atoms with Gasteiger partial charge in [0, 0.05) is 32.7 Å². The number of aryl methyl sites for hydroxylation is 5. The second-order valence-corrected chi connectivity index (χ2v) is 6.42. The number of rotatable bonds is 3. The first-order valence-corrected chi connectivity index (χ1v) is 8.38. The molecule has 0 saturated heterocycles. The van der Waals surface area contributed by atoms with E-state index in [1.807, 2.05) is 13.8 Å². The predicted molar refractivity (Wildman–Crippen MR) is 111 cm³/mol. The molecule has 0 spiro atoms. The standard InChI is InChI=1S/C12H16O2.C10H14O.CH3.Y/c1-8-7-9(2)12(14-6-5-13)11(4)10(8)3;1-7-5-8(2)10(11-4)9(3)6-7;;/h5-7,13H,1-4H3;5-6H,1-4H3;1H3;/q;;-1;. The molecule has 147 valence electrons. The van der Waals surface area contributed by atoms with Crippen molar-refractivity contribution in [2.24, 2.45) is 0 Å². The number of hydrogen-bond donors (Lipinski definition) is 1. The monoisotopic (exact) mass is 446 g/mol. The maximum atomic E-state index is 8.53. The molecule has 4 heteroatoms. The van der Waals surface area contributed by atoms with E-state index in [1.54, 1.807) is 7.11 Å². The topological polar surface area (TPSA) is 38.7 Å². The molecule has 0 amide bonds. The summed E-state index contributed by atoms with van der Waals surface area (Å²) in [5.41, 5.74) is 8.43. The van der Waals surface area contributed by atoms with Gasteiger partial charge in [0.1, 0.15) is 24.0 Å². The first-order valence-electron chi connectivity index (χ1n) is 8.38. The van der Waals surface area contributed by atoms with Crippen LogP contribution in [0.15, 0.2) is 30.7 Å². The third-order valence-corrected chi connectivity index (χ3v) is 4.34. The minimum atomic E-state index is 0. The van der Waals surface area contributed by atoms with Crippen molar-refractivity contribution >= 4 is 0 Å². The van der Waals surface area contributed by atoms with E-state index in [1.165, 1.54) is 34.1 Å². The van der Waals surface area contributed by atoms with E-state index < -0.39 is 0 Å². The number of methoxy groups -OCH3 is 1. The molecule has 1 radical (unpaired) electrons. The molecule has 1 N–H and O–H groups in total. The Morgan fingerprint density at radius 3 is 1.67 bits per heavy atom. The van der Waals surface area contributed by atoms with Crippen LogP contribution in [-0.4, -0.2) is 12.2 Å². The van der Waals surface area contributed by atoms with Crippen LogP contribution >= 0.6 is 0 Å². The van der Waals surface area contributed by atoms with Gasteiger partial charge in [-0.1, -0.05) is 23.8 Å². The summed E-state index contributed by atoms with van der Waals surface area (Å²) < 4.78 is 10.6. The van der Waals surface area contributed by atoms with Crippen LogP contribution in [0, 0.1) is 55.9 Å². The van der Waals surface area contributed by atoms with Crippen LogP contribution in [0.25, 0.3) is 0 Å². The van der Waals surface area contributed by atoms with Gasteiger partial charge in [0.05, 0.1) is 7.11 Å². The molecule has 0 aliphatic carbocycles. The van der Waals surface area contributed by atoms with Gasteiger partial charge in [-0.05, 0) is 81.8 Å². The van der Waals surface area contributed by atoms with Crippen molar-refractivity contribution in [3.05, 3.63) is 77.1 Å². The largest absolute Gasteiger partial charge is 0.512 e. The molecule has 0 aromatic heterocycles. The third kappa shape index (κ3) is 7.67. The van der Waals surface area contributed by atoms with Gasteiger partial charge < -0.3 is 22.0 Å². The van der Waals surface area contributed by atoms with Crippen molar-refractivity contribution in [1.82, 2.24) is 0 Å². The van der Waals surface area contributed by atoms with Crippen molar-refractivity contribution in [2.45, 2.75) is 48.5 Å². The van der Waals surface area contributed by atoms with E-state index in [-0.39, 0.29) is 40.1 Å². The van der Waals surface area contributed by atoms with Crippen molar-refractivity contribution < 1.29 is 47.3 Å². The summed E-state index contributed by atoms with van der Waals surface area (Å²) in [6.45, 7) is 14.4. The molecule has 2 aromatic rings. The van der Waals surface area contributed by atoms with Gasteiger partial charge in [0.25, 0.3) is 0 Å².